The lowest BCUT2D eigenvalue weighted by molar-refractivity contribution is -0.384. The first-order valence-electron chi connectivity index (χ1n) is 8.29. The van der Waals surface area contributed by atoms with Crippen molar-refractivity contribution in [2.45, 2.75) is 42.9 Å². The van der Waals surface area contributed by atoms with Crippen LogP contribution in [-0.4, -0.2) is 22.1 Å². The van der Waals surface area contributed by atoms with E-state index in [2.05, 4.69) is 13.0 Å². The second kappa shape index (κ2) is 7.27. The van der Waals surface area contributed by atoms with E-state index in [0.29, 0.717) is 0 Å². The van der Waals surface area contributed by atoms with Crippen LogP contribution in [0.15, 0.2) is 53.4 Å². The minimum Gasteiger partial charge on any atom is -0.308 e. The number of rotatable bonds is 4. The van der Waals surface area contributed by atoms with Crippen LogP contribution in [0.1, 0.15) is 25.8 Å². The number of carbonyl (C=O) groups is 1. The molecule has 3 rings (SSSR count). The minimum absolute atomic E-state index is 0.0573. The van der Waals surface area contributed by atoms with E-state index in [1.807, 2.05) is 30.0 Å². The van der Waals surface area contributed by atoms with Crippen LogP contribution in [0.4, 0.5) is 11.4 Å². The molecule has 1 heterocycles. The van der Waals surface area contributed by atoms with Gasteiger partial charge in [0.25, 0.3) is 5.69 Å². The molecule has 2 aromatic rings. The number of benzene rings is 2. The Labute approximate surface area is 151 Å². The molecule has 5 nitrogen and oxygen atoms in total. The fraction of sp³-hybridized carbons (Fsp3) is 0.316. The Morgan fingerprint density at radius 1 is 1.24 bits per heavy atom. The Hall–Kier alpha value is -2.34. The molecule has 2 atom stereocenters. The second-order valence-electron chi connectivity index (χ2n) is 6.24. The van der Waals surface area contributed by atoms with Gasteiger partial charge < -0.3 is 4.90 Å². The standard InChI is InChI=1S/C19H20N2O3S/c1-13-7-8-15-5-3-4-6-18(15)20(13)19(22)14(2)25-17-11-9-16(10-12-17)21(23)24/h3-6,9-14H,7-8H2,1-2H3. The van der Waals surface area contributed by atoms with Gasteiger partial charge >= 0.3 is 0 Å². The van der Waals surface area contributed by atoms with Crippen molar-refractivity contribution in [3.63, 3.8) is 0 Å². The highest BCUT2D eigenvalue weighted by molar-refractivity contribution is 8.00. The van der Waals surface area contributed by atoms with Gasteiger partial charge in [-0.2, -0.15) is 0 Å². The van der Waals surface area contributed by atoms with Gasteiger partial charge in [0, 0.05) is 28.8 Å². The number of nitro groups is 1. The summed E-state index contributed by atoms with van der Waals surface area (Å²) in [6, 6.07) is 14.6. The Morgan fingerprint density at radius 2 is 1.92 bits per heavy atom. The van der Waals surface area contributed by atoms with E-state index >= 15 is 0 Å². The van der Waals surface area contributed by atoms with Crippen LogP contribution in [0.25, 0.3) is 0 Å². The summed E-state index contributed by atoms with van der Waals surface area (Å²) in [6.07, 6.45) is 1.95. The van der Waals surface area contributed by atoms with E-state index in [4.69, 9.17) is 0 Å². The van der Waals surface area contributed by atoms with Crippen molar-refractivity contribution in [3.05, 3.63) is 64.2 Å². The molecule has 0 spiro atoms. The van der Waals surface area contributed by atoms with E-state index in [0.717, 1.165) is 23.4 Å². The molecule has 0 aliphatic carbocycles. The summed E-state index contributed by atoms with van der Waals surface area (Å²) in [5, 5.41) is 10.5. The maximum Gasteiger partial charge on any atom is 0.269 e. The first-order valence-corrected chi connectivity index (χ1v) is 9.17. The molecule has 25 heavy (non-hydrogen) atoms. The number of hydrogen-bond acceptors (Lipinski definition) is 4. The fourth-order valence-electron chi connectivity index (χ4n) is 3.12. The summed E-state index contributed by atoms with van der Waals surface area (Å²) >= 11 is 1.43. The van der Waals surface area contributed by atoms with Gasteiger partial charge in [-0.1, -0.05) is 18.2 Å². The van der Waals surface area contributed by atoms with Crippen molar-refractivity contribution in [2.75, 3.05) is 4.90 Å². The molecule has 0 aromatic heterocycles. The zero-order chi connectivity index (χ0) is 18.0. The van der Waals surface area contributed by atoms with Gasteiger partial charge in [0.1, 0.15) is 0 Å². The molecule has 0 saturated heterocycles. The molecule has 130 valence electrons. The number of amides is 1. The maximum absolute atomic E-state index is 13.0. The topological polar surface area (TPSA) is 63.5 Å². The van der Waals surface area contributed by atoms with Gasteiger partial charge in [-0.25, -0.2) is 0 Å². The lowest BCUT2D eigenvalue weighted by atomic mass is 9.96. The molecule has 2 aromatic carbocycles. The van der Waals surface area contributed by atoms with Crippen molar-refractivity contribution >= 4 is 29.0 Å². The summed E-state index contributed by atoms with van der Waals surface area (Å²) in [5.41, 5.74) is 2.27. The zero-order valence-electron chi connectivity index (χ0n) is 14.2. The number of hydrogen-bond donors (Lipinski definition) is 0. The molecular weight excluding hydrogens is 336 g/mol. The average Bonchev–Trinajstić information content (AvgIpc) is 2.61. The summed E-state index contributed by atoms with van der Waals surface area (Å²) in [4.78, 5) is 26.1. The number of anilines is 1. The number of nitro benzene ring substituents is 1. The first-order chi connectivity index (χ1) is 12.0. The summed E-state index contributed by atoms with van der Waals surface area (Å²) in [7, 11) is 0. The molecule has 6 heteroatoms. The first kappa shape index (κ1) is 17.5. The Bertz CT molecular complexity index is 792. The van der Waals surface area contributed by atoms with Gasteiger partial charge in [0.05, 0.1) is 10.2 Å². The highest BCUT2D eigenvalue weighted by Crippen LogP contribution is 2.34. The molecular formula is C19H20N2O3S. The number of para-hydroxylation sites is 1. The molecule has 0 fully saturated rings. The highest BCUT2D eigenvalue weighted by Gasteiger charge is 2.31. The fourth-order valence-corrected chi connectivity index (χ4v) is 4.04. The van der Waals surface area contributed by atoms with Crippen LogP contribution < -0.4 is 4.90 Å². The number of thioether (sulfide) groups is 1. The van der Waals surface area contributed by atoms with E-state index in [9.17, 15) is 14.9 Å². The van der Waals surface area contributed by atoms with Crippen molar-refractivity contribution in [1.82, 2.24) is 0 Å². The molecule has 0 N–H and O–H groups in total. The van der Waals surface area contributed by atoms with E-state index < -0.39 is 4.92 Å². The lowest BCUT2D eigenvalue weighted by Crippen LogP contribution is -2.45. The quantitative estimate of drug-likeness (QED) is 0.461. The summed E-state index contributed by atoms with van der Waals surface area (Å²) in [6.45, 7) is 3.97. The monoisotopic (exact) mass is 356 g/mol. The Balaban J connectivity index is 1.77. The molecule has 0 bridgehead atoms. The zero-order valence-corrected chi connectivity index (χ0v) is 15.0. The molecule has 0 radical (unpaired) electrons. The number of fused-ring (bicyclic) bond motifs is 1. The van der Waals surface area contributed by atoms with Crippen molar-refractivity contribution in [3.8, 4) is 0 Å². The third kappa shape index (κ3) is 3.69. The Morgan fingerprint density at radius 3 is 2.60 bits per heavy atom. The maximum atomic E-state index is 13.0. The van der Waals surface area contributed by atoms with Gasteiger partial charge in [0.15, 0.2) is 0 Å². The van der Waals surface area contributed by atoms with E-state index in [-0.39, 0.29) is 22.9 Å². The molecule has 2 unspecified atom stereocenters. The number of carbonyl (C=O) groups excluding carboxylic acids is 1. The summed E-state index contributed by atoms with van der Waals surface area (Å²) < 4.78 is 0. The minimum atomic E-state index is -0.421. The van der Waals surface area contributed by atoms with Gasteiger partial charge in [0.2, 0.25) is 5.91 Å². The van der Waals surface area contributed by atoms with Crippen LogP contribution in [0, 0.1) is 10.1 Å². The van der Waals surface area contributed by atoms with Crippen LogP contribution in [0.5, 0.6) is 0 Å². The largest absolute Gasteiger partial charge is 0.308 e. The highest BCUT2D eigenvalue weighted by atomic mass is 32.2. The molecule has 1 amide bonds. The average molecular weight is 356 g/mol. The SMILES string of the molecule is CC(Sc1ccc([N+](=O)[O-])cc1)C(=O)N1c2ccccc2CCC1C. The number of aryl methyl sites for hydroxylation is 1. The van der Waals surface area contributed by atoms with Crippen LogP contribution >= 0.6 is 11.8 Å². The molecule has 1 aliphatic heterocycles. The predicted octanol–water partition coefficient (Wildman–Crippen LogP) is 4.44. The second-order valence-corrected chi connectivity index (χ2v) is 7.65. The van der Waals surface area contributed by atoms with E-state index in [1.54, 1.807) is 12.1 Å². The smallest absolute Gasteiger partial charge is 0.269 e. The molecule has 0 saturated carbocycles. The van der Waals surface area contributed by atoms with Crippen molar-refractivity contribution < 1.29 is 9.72 Å². The Kier molecular flexibility index (Phi) is 5.08. The van der Waals surface area contributed by atoms with Crippen LogP contribution in [0.2, 0.25) is 0 Å². The normalized spacial score (nSPS) is 17.7. The third-order valence-corrected chi connectivity index (χ3v) is 5.57. The molecule has 1 aliphatic rings. The predicted molar refractivity (Wildman–Crippen MR) is 100 cm³/mol. The number of non-ortho nitro benzene ring substituents is 1. The lowest BCUT2D eigenvalue weighted by Gasteiger charge is -2.36. The van der Waals surface area contributed by atoms with Gasteiger partial charge in [-0.05, 0) is 50.5 Å². The van der Waals surface area contributed by atoms with Gasteiger partial charge in [-0.15, -0.1) is 11.8 Å². The summed E-state index contributed by atoms with van der Waals surface area (Å²) in [5.74, 6) is 0.0722. The number of nitrogens with zero attached hydrogens (tertiary/aromatic N) is 2. The third-order valence-electron chi connectivity index (χ3n) is 4.47. The van der Waals surface area contributed by atoms with E-state index in [1.165, 1.54) is 29.5 Å². The van der Waals surface area contributed by atoms with Crippen LogP contribution in [0.3, 0.4) is 0 Å². The van der Waals surface area contributed by atoms with Crippen molar-refractivity contribution in [2.24, 2.45) is 0 Å². The van der Waals surface area contributed by atoms with Gasteiger partial charge in [-0.3, -0.25) is 14.9 Å². The van der Waals surface area contributed by atoms with Crippen LogP contribution in [-0.2, 0) is 11.2 Å². The van der Waals surface area contributed by atoms with Crippen molar-refractivity contribution in [1.29, 1.82) is 0 Å².